The van der Waals surface area contributed by atoms with Crippen LogP contribution in [0.4, 0.5) is 4.79 Å². The van der Waals surface area contributed by atoms with Gasteiger partial charge in [0, 0.05) is 42.3 Å². The molecular weight excluding hydrogens is 370 g/mol. The summed E-state index contributed by atoms with van der Waals surface area (Å²) >= 11 is 1.79. The van der Waals surface area contributed by atoms with Crippen molar-refractivity contribution in [2.45, 2.75) is 25.4 Å². The highest BCUT2D eigenvalue weighted by atomic mass is 32.1. The number of amides is 2. The molecule has 0 bridgehead atoms. The molecule has 0 fully saturated rings. The van der Waals surface area contributed by atoms with Crippen molar-refractivity contribution in [1.29, 1.82) is 0 Å². The molecule has 2 heterocycles. The van der Waals surface area contributed by atoms with Gasteiger partial charge in [-0.05, 0) is 53.6 Å². The molecule has 2 amide bonds. The van der Waals surface area contributed by atoms with Crippen LogP contribution < -0.4 is 10.6 Å². The largest absolute Gasteiger partial charge is 0.508 e. The molecule has 0 aliphatic carbocycles. The van der Waals surface area contributed by atoms with Gasteiger partial charge in [-0.3, -0.25) is 0 Å². The maximum atomic E-state index is 12.4. The topological polar surface area (TPSA) is 64.6 Å². The van der Waals surface area contributed by atoms with Crippen molar-refractivity contribution in [2.75, 3.05) is 20.1 Å². The quantitative estimate of drug-likeness (QED) is 0.619. The monoisotopic (exact) mass is 395 g/mol. The number of hydrogen-bond donors (Lipinski definition) is 3. The van der Waals surface area contributed by atoms with E-state index < -0.39 is 0 Å². The maximum Gasteiger partial charge on any atom is 0.317 e. The molecule has 6 heteroatoms. The van der Waals surface area contributed by atoms with Crippen molar-refractivity contribution in [1.82, 2.24) is 15.5 Å². The summed E-state index contributed by atoms with van der Waals surface area (Å²) in [6, 6.07) is 16.3. The Bertz CT molecular complexity index is 952. The van der Waals surface area contributed by atoms with Crippen molar-refractivity contribution in [3.05, 3.63) is 64.5 Å². The zero-order chi connectivity index (χ0) is 19.5. The molecule has 5 nitrogen and oxygen atoms in total. The van der Waals surface area contributed by atoms with Crippen LogP contribution in [0.2, 0.25) is 0 Å². The first-order chi connectivity index (χ1) is 13.6. The fraction of sp³-hybridized carbons (Fsp3) is 0.318. The summed E-state index contributed by atoms with van der Waals surface area (Å²) < 4.78 is 1.29. The third-order valence-electron chi connectivity index (χ3n) is 5.20. The predicted molar refractivity (Wildman–Crippen MR) is 114 cm³/mol. The van der Waals surface area contributed by atoms with Gasteiger partial charge in [-0.15, -0.1) is 11.3 Å². The first-order valence-electron chi connectivity index (χ1n) is 9.59. The Hall–Kier alpha value is -2.57. The molecule has 4 rings (SSSR count). The van der Waals surface area contributed by atoms with Crippen LogP contribution in [0.1, 0.15) is 16.0 Å². The second-order valence-corrected chi connectivity index (χ2v) is 8.52. The molecule has 0 saturated heterocycles. The number of likely N-dealkylation sites (N-methyl/N-ethyl adjacent to an activating group) is 1. The van der Waals surface area contributed by atoms with Gasteiger partial charge in [-0.1, -0.05) is 24.3 Å². The van der Waals surface area contributed by atoms with Gasteiger partial charge >= 0.3 is 6.03 Å². The van der Waals surface area contributed by atoms with Gasteiger partial charge in [0.25, 0.3) is 0 Å². The van der Waals surface area contributed by atoms with Gasteiger partial charge in [-0.2, -0.15) is 0 Å². The molecule has 2 aromatic carbocycles. The number of thiophene rings is 1. The van der Waals surface area contributed by atoms with E-state index in [9.17, 15) is 9.90 Å². The highest BCUT2D eigenvalue weighted by Crippen LogP contribution is 2.25. The SMILES string of the molecule is CN(C[C@@H]1Cc2ccc(O)cc2CN1)C(=O)NCCc1cc2ccccc2s1. The average Bonchev–Trinajstić information content (AvgIpc) is 3.10. The number of carbonyl (C=O) groups is 1. The van der Waals surface area contributed by atoms with E-state index in [-0.39, 0.29) is 12.1 Å². The van der Waals surface area contributed by atoms with Gasteiger partial charge in [0.2, 0.25) is 0 Å². The van der Waals surface area contributed by atoms with Crippen molar-refractivity contribution in [3.63, 3.8) is 0 Å². The molecule has 1 aliphatic heterocycles. The first-order valence-corrected chi connectivity index (χ1v) is 10.4. The molecule has 1 aromatic heterocycles. The lowest BCUT2D eigenvalue weighted by Gasteiger charge is -2.30. The van der Waals surface area contributed by atoms with Crippen LogP contribution >= 0.6 is 11.3 Å². The van der Waals surface area contributed by atoms with E-state index in [2.05, 4.69) is 41.0 Å². The lowest BCUT2D eigenvalue weighted by Crippen LogP contribution is -2.48. The lowest BCUT2D eigenvalue weighted by molar-refractivity contribution is 0.202. The van der Waals surface area contributed by atoms with Crippen molar-refractivity contribution in [3.8, 4) is 5.75 Å². The van der Waals surface area contributed by atoms with Gasteiger partial charge < -0.3 is 20.6 Å². The van der Waals surface area contributed by atoms with E-state index in [0.29, 0.717) is 18.8 Å². The number of phenols is 1. The molecule has 0 saturated carbocycles. The number of phenolic OH excluding ortho intramolecular Hbond substituents is 1. The first kappa shape index (κ1) is 18.8. The van der Waals surface area contributed by atoms with E-state index in [1.165, 1.54) is 20.5 Å². The van der Waals surface area contributed by atoms with E-state index in [0.717, 1.165) is 24.9 Å². The van der Waals surface area contributed by atoms with Crippen LogP contribution in [0.15, 0.2) is 48.5 Å². The normalized spacial score (nSPS) is 16.0. The number of benzene rings is 2. The minimum Gasteiger partial charge on any atom is -0.508 e. The summed E-state index contributed by atoms with van der Waals surface area (Å²) in [5.41, 5.74) is 2.37. The fourth-order valence-corrected chi connectivity index (χ4v) is 4.76. The van der Waals surface area contributed by atoms with Crippen LogP contribution in [0.3, 0.4) is 0 Å². The number of hydrogen-bond acceptors (Lipinski definition) is 4. The number of nitrogens with one attached hydrogen (secondary N) is 2. The van der Waals surface area contributed by atoms with E-state index in [1.807, 2.05) is 19.2 Å². The van der Waals surface area contributed by atoms with Gasteiger partial charge in [0.05, 0.1) is 0 Å². The maximum absolute atomic E-state index is 12.4. The molecule has 3 N–H and O–H groups in total. The van der Waals surface area contributed by atoms with Crippen LogP contribution in [0, 0.1) is 0 Å². The number of aromatic hydroxyl groups is 1. The van der Waals surface area contributed by atoms with Crippen molar-refractivity contribution < 1.29 is 9.90 Å². The minimum atomic E-state index is -0.0422. The molecule has 0 unspecified atom stereocenters. The Morgan fingerprint density at radius 2 is 2.11 bits per heavy atom. The Balaban J connectivity index is 1.25. The van der Waals surface area contributed by atoms with Crippen molar-refractivity contribution in [2.24, 2.45) is 0 Å². The number of urea groups is 1. The summed E-state index contributed by atoms with van der Waals surface area (Å²) in [7, 11) is 1.84. The lowest BCUT2D eigenvalue weighted by atomic mass is 9.95. The van der Waals surface area contributed by atoms with E-state index >= 15 is 0 Å². The zero-order valence-electron chi connectivity index (χ0n) is 15.9. The smallest absolute Gasteiger partial charge is 0.317 e. The summed E-state index contributed by atoms with van der Waals surface area (Å²) in [4.78, 5) is 15.5. The molecule has 3 aromatic rings. The highest BCUT2D eigenvalue weighted by Gasteiger charge is 2.21. The van der Waals surface area contributed by atoms with Crippen LogP contribution in [-0.4, -0.2) is 42.2 Å². The third kappa shape index (κ3) is 4.29. The van der Waals surface area contributed by atoms with E-state index in [1.54, 1.807) is 22.3 Å². The molecular formula is C22H25N3O2S. The van der Waals surface area contributed by atoms with Crippen LogP contribution in [-0.2, 0) is 19.4 Å². The highest BCUT2D eigenvalue weighted by molar-refractivity contribution is 7.19. The van der Waals surface area contributed by atoms with Gasteiger partial charge in [-0.25, -0.2) is 4.79 Å². The molecule has 28 heavy (non-hydrogen) atoms. The Morgan fingerprint density at radius 1 is 1.25 bits per heavy atom. The summed E-state index contributed by atoms with van der Waals surface area (Å²) in [6.07, 6.45) is 1.70. The third-order valence-corrected chi connectivity index (χ3v) is 6.38. The van der Waals surface area contributed by atoms with Crippen molar-refractivity contribution >= 4 is 27.5 Å². The molecule has 146 valence electrons. The zero-order valence-corrected chi connectivity index (χ0v) is 16.8. The molecule has 1 atom stereocenters. The molecule has 1 aliphatic rings. The second kappa shape index (κ2) is 8.20. The summed E-state index contributed by atoms with van der Waals surface area (Å²) in [6.45, 7) is 2.00. The standard InChI is InChI=1S/C22H25N3O2S/c1-25(14-18-10-15-6-7-19(26)11-17(15)13-24-18)22(27)23-9-8-20-12-16-4-2-3-5-21(16)28-20/h2-7,11-12,18,24,26H,8-10,13-14H2,1H3,(H,23,27)/t18-/m0/s1. The minimum absolute atomic E-state index is 0.0422. The Labute approximate surface area is 169 Å². The molecule has 0 radical (unpaired) electrons. The Kier molecular flexibility index (Phi) is 5.50. The number of carbonyl (C=O) groups excluding carboxylic acids is 1. The molecule has 0 spiro atoms. The average molecular weight is 396 g/mol. The Morgan fingerprint density at radius 3 is 2.96 bits per heavy atom. The van der Waals surface area contributed by atoms with Gasteiger partial charge in [0.1, 0.15) is 5.75 Å². The van der Waals surface area contributed by atoms with Crippen LogP contribution in [0.25, 0.3) is 10.1 Å². The number of nitrogens with zero attached hydrogens (tertiary/aromatic N) is 1. The summed E-state index contributed by atoms with van der Waals surface area (Å²) in [5.74, 6) is 0.300. The number of rotatable bonds is 5. The fourth-order valence-electron chi connectivity index (χ4n) is 3.70. The van der Waals surface area contributed by atoms with E-state index in [4.69, 9.17) is 0 Å². The second-order valence-electron chi connectivity index (χ2n) is 7.35. The number of fused-ring (bicyclic) bond motifs is 2. The van der Waals surface area contributed by atoms with Crippen LogP contribution in [0.5, 0.6) is 5.75 Å². The predicted octanol–water partition coefficient (Wildman–Crippen LogP) is 3.51. The van der Waals surface area contributed by atoms with Gasteiger partial charge in [0.15, 0.2) is 0 Å². The summed E-state index contributed by atoms with van der Waals surface area (Å²) in [5, 5.41) is 17.3.